The molecule has 1 heterocycles. The highest BCUT2D eigenvalue weighted by Crippen LogP contribution is 2.32. The first-order chi connectivity index (χ1) is 9.93. The molecule has 2 atom stereocenters. The molecule has 116 valence electrons. The van der Waals surface area contributed by atoms with Crippen LogP contribution in [0, 0.1) is 5.92 Å². The van der Waals surface area contributed by atoms with Crippen LogP contribution in [0.4, 0.5) is 0 Å². The van der Waals surface area contributed by atoms with Gasteiger partial charge in [-0.05, 0) is 18.9 Å². The Bertz CT molecular complexity index is 476. The fourth-order valence-electron chi connectivity index (χ4n) is 2.85. The van der Waals surface area contributed by atoms with Gasteiger partial charge in [0.05, 0.1) is 27.2 Å². The molecule has 0 aromatic heterocycles. The van der Waals surface area contributed by atoms with E-state index in [1.165, 1.54) is 10.8 Å². The normalized spacial score (nSPS) is 22.9. The Balaban J connectivity index is 2.19. The SMILES string of the molecule is CCOC(=O)[C@H]1COCC[C@@H]1c1ccc([Si](C)(C)C)cc1. The zero-order valence-corrected chi connectivity index (χ0v) is 14.5. The highest BCUT2D eigenvalue weighted by atomic mass is 28.3. The van der Waals surface area contributed by atoms with Gasteiger partial charge in [0.15, 0.2) is 0 Å². The number of esters is 1. The molecule has 0 unspecified atom stereocenters. The summed E-state index contributed by atoms with van der Waals surface area (Å²) in [6, 6.07) is 8.85. The lowest BCUT2D eigenvalue weighted by molar-refractivity contribution is -0.153. The third-order valence-electron chi connectivity index (χ3n) is 4.15. The van der Waals surface area contributed by atoms with E-state index in [-0.39, 0.29) is 17.8 Å². The van der Waals surface area contributed by atoms with Gasteiger partial charge < -0.3 is 9.47 Å². The van der Waals surface area contributed by atoms with Crippen LogP contribution in [0.5, 0.6) is 0 Å². The molecule has 1 aliphatic rings. The number of benzene rings is 1. The summed E-state index contributed by atoms with van der Waals surface area (Å²) in [7, 11) is -1.27. The first kappa shape index (κ1) is 16.2. The third-order valence-corrected chi connectivity index (χ3v) is 6.22. The van der Waals surface area contributed by atoms with E-state index in [0.29, 0.717) is 13.2 Å². The maximum Gasteiger partial charge on any atom is 0.311 e. The van der Waals surface area contributed by atoms with Crippen LogP contribution in [0.2, 0.25) is 19.6 Å². The fraction of sp³-hybridized carbons (Fsp3) is 0.588. The molecule has 0 amide bonds. The first-order valence-electron chi connectivity index (χ1n) is 7.78. The van der Waals surface area contributed by atoms with E-state index in [0.717, 1.165) is 13.0 Å². The Morgan fingerprint density at radius 3 is 2.52 bits per heavy atom. The fourth-order valence-corrected chi connectivity index (χ4v) is 4.02. The van der Waals surface area contributed by atoms with Gasteiger partial charge in [0.2, 0.25) is 0 Å². The molecule has 1 aromatic carbocycles. The van der Waals surface area contributed by atoms with Crippen LogP contribution in [0.25, 0.3) is 0 Å². The van der Waals surface area contributed by atoms with E-state index in [2.05, 4.69) is 43.9 Å². The van der Waals surface area contributed by atoms with Gasteiger partial charge in [0.25, 0.3) is 0 Å². The zero-order valence-electron chi connectivity index (χ0n) is 13.5. The zero-order chi connectivity index (χ0) is 15.5. The molecule has 3 nitrogen and oxygen atoms in total. The summed E-state index contributed by atoms with van der Waals surface area (Å²) in [5, 5.41) is 1.45. The van der Waals surface area contributed by atoms with Crippen molar-refractivity contribution < 1.29 is 14.3 Å². The van der Waals surface area contributed by atoms with E-state index in [9.17, 15) is 4.79 Å². The average molecular weight is 306 g/mol. The van der Waals surface area contributed by atoms with Crippen LogP contribution < -0.4 is 5.19 Å². The molecule has 0 bridgehead atoms. The lowest BCUT2D eigenvalue weighted by Crippen LogP contribution is -2.38. The van der Waals surface area contributed by atoms with E-state index in [1.54, 1.807) is 0 Å². The van der Waals surface area contributed by atoms with Gasteiger partial charge in [-0.2, -0.15) is 0 Å². The molecular weight excluding hydrogens is 280 g/mol. The standard InChI is InChI=1S/C17H26O3Si/c1-5-20-17(18)16-12-19-11-10-15(16)13-6-8-14(9-7-13)21(2,3)4/h6-9,15-16H,5,10-12H2,1-4H3/t15-,16+/m1/s1. The van der Waals surface area contributed by atoms with Crippen molar-refractivity contribution in [2.45, 2.75) is 38.9 Å². The highest BCUT2D eigenvalue weighted by Gasteiger charge is 2.34. The quantitative estimate of drug-likeness (QED) is 0.634. The molecule has 0 aliphatic carbocycles. The smallest absolute Gasteiger partial charge is 0.311 e. The molecule has 4 heteroatoms. The number of ether oxygens (including phenoxy) is 2. The minimum absolute atomic E-state index is 0.128. The Morgan fingerprint density at radius 2 is 1.95 bits per heavy atom. The predicted molar refractivity (Wildman–Crippen MR) is 87.7 cm³/mol. The molecule has 1 saturated heterocycles. The van der Waals surface area contributed by atoms with E-state index in [1.807, 2.05) is 6.92 Å². The topological polar surface area (TPSA) is 35.5 Å². The number of hydrogen-bond acceptors (Lipinski definition) is 3. The van der Waals surface area contributed by atoms with Crippen molar-refractivity contribution in [1.29, 1.82) is 0 Å². The highest BCUT2D eigenvalue weighted by molar-refractivity contribution is 6.88. The maximum absolute atomic E-state index is 12.1. The second kappa shape index (κ2) is 6.75. The Morgan fingerprint density at radius 1 is 1.29 bits per heavy atom. The Labute approximate surface area is 128 Å². The lowest BCUT2D eigenvalue weighted by atomic mass is 9.83. The number of hydrogen-bond donors (Lipinski definition) is 0. The van der Waals surface area contributed by atoms with Crippen LogP contribution in [0.15, 0.2) is 24.3 Å². The Hall–Kier alpha value is -1.13. The van der Waals surface area contributed by atoms with Crippen molar-refractivity contribution in [3.63, 3.8) is 0 Å². The van der Waals surface area contributed by atoms with Crippen LogP contribution in [0.1, 0.15) is 24.8 Å². The molecule has 1 aromatic rings. The van der Waals surface area contributed by atoms with Gasteiger partial charge in [-0.15, -0.1) is 0 Å². The summed E-state index contributed by atoms with van der Waals surface area (Å²) < 4.78 is 10.7. The summed E-state index contributed by atoms with van der Waals surface area (Å²) in [6.45, 7) is 10.5. The first-order valence-corrected chi connectivity index (χ1v) is 11.3. The molecule has 0 spiro atoms. The van der Waals surface area contributed by atoms with Gasteiger partial charge in [-0.25, -0.2) is 0 Å². The van der Waals surface area contributed by atoms with Crippen LogP contribution in [0.3, 0.4) is 0 Å². The molecule has 0 N–H and O–H groups in total. The molecular formula is C17H26O3Si. The van der Waals surface area contributed by atoms with Gasteiger partial charge in [-0.3, -0.25) is 4.79 Å². The van der Waals surface area contributed by atoms with E-state index < -0.39 is 8.07 Å². The molecule has 2 rings (SSSR count). The van der Waals surface area contributed by atoms with Crippen molar-refractivity contribution in [3.8, 4) is 0 Å². The second-order valence-corrected chi connectivity index (χ2v) is 11.8. The second-order valence-electron chi connectivity index (χ2n) is 6.70. The van der Waals surface area contributed by atoms with Crippen LogP contribution in [-0.4, -0.2) is 33.9 Å². The van der Waals surface area contributed by atoms with Crippen molar-refractivity contribution in [3.05, 3.63) is 29.8 Å². The average Bonchev–Trinajstić information content (AvgIpc) is 2.47. The maximum atomic E-state index is 12.1. The molecule has 1 fully saturated rings. The lowest BCUT2D eigenvalue weighted by Gasteiger charge is -2.30. The Kier molecular flexibility index (Phi) is 5.22. The van der Waals surface area contributed by atoms with Crippen molar-refractivity contribution >= 4 is 19.2 Å². The minimum Gasteiger partial charge on any atom is -0.466 e. The summed E-state index contributed by atoms with van der Waals surface area (Å²) in [5.74, 6) is -0.0820. The van der Waals surface area contributed by atoms with Crippen molar-refractivity contribution in [2.24, 2.45) is 5.92 Å². The van der Waals surface area contributed by atoms with Gasteiger partial charge in [-0.1, -0.05) is 49.1 Å². The van der Waals surface area contributed by atoms with Crippen LogP contribution in [-0.2, 0) is 14.3 Å². The van der Waals surface area contributed by atoms with Gasteiger partial charge in [0, 0.05) is 12.5 Å². The molecule has 1 aliphatic heterocycles. The summed E-state index contributed by atoms with van der Waals surface area (Å²) in [4.78, 5) is 12.1. The largest absolute Gasteiger partial charge is 0.466 e. The van der Waals surface area contributed by atoms with Crippen molar-refractivity contribution in [2.75, 3.05) is 19.8 Å². The molecule has 0 radical (unpaired) electrons. The van der Waals surface area contributed by atoms with E-state index >= 15 is 0 Å². The number of carbonyl (C=O) groups excluding carboxylic acids is 1. The number of rotatable bonds is 4. The third kappa shape index (κ3) is 3.95. The summed E-state index contributed by atoms with van der Waals surface area (Å²) in [6.07, 6.45) is 0.885. The molecule has 21 heavy (non-hydrogen) atoms. The summed E-state index contributed by atoms with van der Waals surface area (Å²) >= 11 is 0. The van der Waals surface area contributed by atoms with Gasteiger partial charge >= 0.3 is 5.97 Å². The summed E-state index contributed by atoms with van der Waals surface area (Å²) in [5.41, 5.74) is 1.23. The minimum atomic E-state index is -1.27. The monoisotopic (exact) mass is 306 g/mol. The molecule has 0 saturated carbocycles. The predicted octanol–water partition coefficient (Wildman–Crippen LogP) is 2.92. The number of carbonyl (C=O) groups is 1. The van der Waals surface area contributed by atoms with Crippen molar-refractivity contribution in [1.82, 2.24) is 0 Å². The van der Waals surface area contributed by atoms with Gasteiger partial charge in [0.1, 0.15) is 0 Å². The van der Waals surface area contributed by atoms with Crippen LogP contribution >= 0.6 is 0 Å². The van der Waals surface area contributed by atoms with E-state index in [4.69, 9.17) is 9.47 Å².